The molecule has 0 unspecified atom stereocenters. The molecular formula is C31H48O5. The molecule has 0 aliphatic heterocycles. The summed E-state index contributed by atoms with van der Waals surface area (Å²) in [4.78, 5) is 26.4. The molecule has 5 aliphatic rings. The summed E-state index contributed by atoms with van der Waals surface area (Å²) < 4.78 is 5.46. The standard InChI is InChI=1S/C31H48O5/c1-26(2)12-14-31(25(35)36-7)15-13-29(5)19(20(31)16-26)8-9-23-27(3)17-21(33)24(34)28(4,18-32)22(27)10-11-30(23,29)6/h8,20-23,32-33H,9-18H2,1-7H3/t20-,21+,22+,23+,27-,28+,29+,30+,31-/m0/s1. The first kappa shape index (κ1) is 26.4. The Hall–Kier alpha value is -1.20. The smallest absolute Gasteiger partial charge is 0.312 e. The highest BCUT2D eigenvalue weighted by atomic mass is 16.5. The lowest BCUT2D eigenvalue weighted by Crippen LogP contribution is -2.67. The van der Waals surface area contributed by atoms with Crippen molar-refractivity contribution in [2.45, 2.75) is 105 Å². The molecule has 4 fully saturated rings. The van der Waals surface area contributed by atoms with E-state index >= 15 is 0 Å². The molecule has 5 nitrogen and oxygen atoms in total. The van der Waals surface area contributed by atoms with E-state index in [1.807, 2.05) is 6.92 Å². The van der Waals surface area contributed by atoms with Crippen molar-refractivity contribution in [2.24, 2.45) is 50.2 Å². The number of rotatable bonds is 2. The van der Waals surface area contributed by atoms with Crippen molar-refractivity contribution in [2.75, 3.05) is 13.7 Å². The maximum absolute atomic E-state index is 13.4. The Morgan fingerprint density at radius 1 is 1.00 bits per heavy atom. The zero-order valence-electron chi connectivity index (χ0n) is 23.6. The van der Waals surface area contributed by atoms with Gasteiger partial charge in [0.1, 0.15) is 6.10 Å². The fourth-order valence-electron chi connectivity index (χ4n) is 10.8. The molecule has 5 aliphatic carbocycles. The minimum Gasteiger partial charge on any atom is -0.469 e. The number of hydrogen-bond donors (Lipinski definition) is 2. The number of methoxy groups -OCH3 is 1. The first-order valence-electron chi connectivity index (χ1n) is 14.3. The van der Waals surface area contributed by atoms with Gasteiger partial charge in [-0.25, -0.2) is 0 Å². The van der Waals surface area contributed by atoms with E-state index in [0.29, 0.717) is 12.3 Å². The highest BCUT2D eigenvalue weighted by molar-refractivity contribution is 5.90. The molecule has 0 saturated heterocycles. The van der Waals surface area contributed by atoms with E-state index in [4.69, 9.17) is 4.74 Å². The van der Waals surface area contributed by atoms with E-state index in [2.05, 4.69) is 40.7 Å². The number of carbonyl (C=O) groups is 2. The van der Waals surface area contributed by atoms with Crippen LogP contribution in [0.2, 0.25) is 0 Å². The van der Waals surface area contributed by atoms with Gasteiger partial charge in [0.05, 0.1) is 24.5 Å². The molecule has 0 bridgehead atoms. The van der Waals surface area contributed by atoms with Crippen LogP contribution in [0.3, 0.4) is 0 Å². The van der Waals surface area contributed by atoms with Crippen LogP contribution in [0.5, 0.6) is 0 Å². The number of aliphatic hydroxyl groups excluding tert-OH is 2. The molecule has 9 atom stereocenters. The van der Waals surface area contributed by atoms with E-state index in [1.165, 1.54) is 5.57 Å². The van der Waals surface area contributed by atoms with Gasteiger partial charge in [-0.15, -0.1) is 0 Å². The van der Waals surface area contributed by atoms with Crippen molar-refractivity contribution >= 4 is 11.8 Å². The third-order valence-electron chi connectivity index (χ3n) is 13.1. The SMILES string of the molecule is COC(=O)[C@]12CCC(C)(C)C[C@H]1C1=CC[C@@H]3[C@@]4(C)C[C@@H](O)C(=O)[C@](C)(CO)[C@@H]4CC[C@@]3(C)[C@]1(C)CC2. The molecule has 0 aromatic rings. The molecule has 0 heterocycles. The molecule has 202 valence electrons. The van der Waals surface area contributed by atoms with Crippen LogP contribution in [0.15, 0.2) is 11.6 Å². The summed E-state index contributed by atoms with van der Waals surface area (Å²) in [6.45, 7) is 13.6. The number of ether oxygens (including phenoxy) is 1. The van der Waals surface area contributed by atoms with Crippen molar-refractivity contribution in [3.63, 3.8) is 0 Å². The highest BCUT2D eigenvalue weighted by Gasteiger charge is 2.70. The Kier molecular flexibility index (Phi) is 5.80. The normalized spacial score (nSPS) is 51.7. The maximum Gasteiger partial charge on any atom is 0.312 e. The Bertz CT molecular complexity index is 999. The van der Waals surface area contributed by atoms with Gasteiger partial charge in [-0.1, -0.05) is 53.2 Å². The number of ketones is 1. The average molecular weight is 501 g/mol. The van der Waals surface area contributed by atoms with Gasteiger partial charge >= 0.3 is 5.97 Å². The number of aliphatic hydroxyl groups is 2. The lowest BCUT2D eigenvalue weighted by atomic mass is 9.33. The molecule has 0 spiro atoms. The van der Waals surface area contributed by atoms with E-state index < -0.39 is 16.9 Å². The highest BCUT2D eigenvalue weighted by Crippen LogP contribution is 2.75. The average Bonchev–Trinajstić information content (AvgIpc) is 2.82. The van der Waals surface area contributed by atoms with Gasteiger partial charge in [-0.05, 0) is 97.2 Å². The topological polar surface area (TPSA) is 83.8 Å². The first-order chi connectivity index (χ1) is 16.7. The van der Waals surface area contributed by atoms with E-state index in [-0.39, 0.29) is 51.9 Å². The molecule has 4 saturated carbocycles. The zero-order valence-corrected chi connectivity index (χ0v) is 23.6. The van der Waals surface area contributed by atoms with Gasteiger partial charge in [-0.2, -0.15) is 0 Å². The summed E-state index contributed by atoms with van der Waals surface area (Å²) >= 11 is 0. The fraction of sp³-hybridized carbons (Fsp3) is 0.871. The molecule has 0 radical (unpaired) electrons. The molecule has 0 aromatic heterocycles. The second kappa shape index (κ2) is 7.91. The van der Waals surface area contributed by atoms with Gasteiger partial charge in [0.2, 0.25) is 0 Å². The number of carbonyl (C=O) groups excluding carboxylic acids is 2. The van der Waals surface area contributed by atoms with Crippen molar-refractivity contribution in [3.05, 3.63) is 11.6 Å². The minimum atomic E-state index is -1.01. The minimum absolute atomic E-state index is 0.00265. The summed E-state index contributed by atoms with van der Waals surface area (Å²) in [5.41, 5.74) is 0.0986. The molecule has 0 aromatic carbocycles. The number of hydrogen-bond acceptors (Lipinski definition) is 5. The third-order valence-corrected chi connectivity index (χ3v) is 13.1. The molecule has 2 N–H and O–H groups in total. The van der Waals surface area contributed by atoms with Crippen LogP contribution in [0, 0.1) is 50.2 Å². The fourth-order valence-corrected chi connectivity index (χ4v) is 10.8. The lowest BCUT2D eigenvalue weighted by Gasteiger charge is -2.70. The summed E-state index contributed by atoms with van der Waals surface area (Å²) in [5, 5.41) is 21.3. The monoisotopic (exact) mass is 500 g/mol. The van der Waals surface area contributed by atoms with Gasteiger partial charge in [-0.3, -0.25) is 9.59 Å². The van der Waals surface area contributed by atoms with Crippen LogP contribution < -0.4 is 0 Å². The van der Waals surface area contributed by atoms with Crippen molar-refractivity contribution in [1.29, 1.82) is 0 Å². The van der Waals surface area contributed by atoms with Gasteiger partial charge in [0, 0.05) is 0 Å². The Morgan fingerprint density at radius 2 is 1.67 bits per heavy atom. The summed E-state index contributed by atoms with van der Waals surface area (Å²) in [7, 11) is 1.55. The number of Topliss-reactive ketones (excluding diaryl/α,β-unsaturated/α-hetero) is 1. The Balaban J connectivity index is 1.61. The molecule has 5 heteroatoms. The van der Waals surface area contributed by atoms with Crippen molar-refractivity contribution in [3.8, 4) is 0 Å². The zero-order chi connectivity index (χ0) is 26.5. The lowest BCUT2D eigenvalue weighted by molar-refractivity contribution is -0.207. The predicted molar refractivity (Wildman–Crippen MR) is 139 cm³/mol. The van der Waals surface area contributed by atoms with Crippen LogP contribution in [0.25, 0.3) is 0 Å². The molecule has 5 rings (SSSR count). The number of esters is 1. The van der Waals surface area contributed by atoms with Gasteiger partial charge in [0.15, 0.2) is 5.78 Å². The van der Waals surface area contributed by atoms with E-state index in [9.17, 15) is 19.8 Å². The van der Waals surface area contributed by atoms with Crippen LogP contribution >= 0.6 is 0 Å². The molecular weight excluding hydrogens is 452 g/mol. The van der Waals surface area contributed by atoms with E-state index in [1.54, 1.807) is 7.11 Å². The summed E-state index contributed by atoms with van der Waals surface area (Å²) in [6, 6.07) is 0. The predicted octanol–water partition coefficient (Wildman–Crippen LogP) is 5.47. The second-order valence-electron chi connectivity index (χ2n) is 15.0. The second-order valence-corrected chi connectivity index (χ2v) is 15.0. The molecule has 0 amide bonds. The Morgan fingerprint density at radius 3 is 2.31 bits per heavy atom. The van der Waals surface area contributed by atoms with Crippen LogP contribution in [-0.2, 0) is 14.3 Å². The van der Waals surface area contributed by atoms with Gasteiger partial charge in [0.25, 0.3) is 0 Å². The van der Waals surface area contributed by atoms with Crippen LogP contribution in [0.1, 0.15) is 99.3 Å². The quantitative estimate of drug-likeness (QED) is 0.388. The van der Waals surface area contributed by atoms with Gasteiger partial charge < -0.3 is 14.9 Å². The maximum atomic E-state index is 13.4. The Labute approximate surface area is 217 Å². The third kappa shape index (κ3) is 3.08. The van der Waals surface area contributed by atoms with E-state index in [0.717, 1.165) is 51.4 Å². The van der Waals surface area contributed by atoms with Crippen molar-refractivity contribution in [1.82, 2.24) is 0 Å². The summed E-state index contributed by atoms with van der Waals surface area (Å²) in [6.07, 6.45) is 9.54. The largest absolute Gasteiger partial charge is 0.469 e. The van der Waals surface area contributed by atoms with Crippen LogP contribution in [-0.4, -0.2) is 41.8 Å². The number of fused-ring (bicyclic) bond motifs is 7. The first-order valence-corrected chi connectivity index (χ1v) is 14.3. The number of allylic oxidation sites excluding steroid dienone is 2. The van der Waals surface area contributed by atoms with Crippen LogP contribution in [0.4, 0.5) is 0 Å². The summed E-state index contributed by atoms with van der Waals surface area (Å²) in [5.74, 6) is 0.375. The van der Waals surface area contributed by atoms with Crippen molar-refractivity contribution < 1.29 is 24.5 Å². The molecule has 36 heavy (non-hydrogen) atoms.